The maximum absolute atomic E-state index is 3.92. The third kappa shape index (κ3) is 2.75. The van der Waals surface area contributed by atoms with E-state index < -0.39 is 0 Å². The largest absolute Gasteiger partial charge is 0.0988 e. The number of hydrogen-bond donors (Lipinski definition) is 0. The van der Waals surface area contributed by atoms with Crippen LogP contribution in [-0.2, 0) is 0 Å². The number of rotatable bonds is 3. The Hall–Kier alpha value is -1.04. The normalized spacial score (nSPS) is 31.7. The van der Waals surface area contributed by atoms with Crippen molar-refractivity contribution in [2.75, 3.05) is 0 Å². The van der Waals surface area contributed by atoms with Crippen LogP contribution in [0.4, 0.5) is 0 Å². The van der Waals surface area contributed by atoms with Crippen LogP contribution in [0, 0.1) is 17.8 Å². The van der Waals surface area contributed by atoms with Gasteiger partial charge in [-0.05, 0) is 43.1 Å². The fourth-order valence-electron chi connectivity index (χ4n) is 2.71. The second-order valence-electron chi connectivity index (χ2n) is 4.28. The smallest absolute Gasteiger partial charge is 0.00934 e. The second-order valence-corrected chi connectivity index (χ2v) is 4.28. The summed E-state index contributed by atoms with van der Waals surface area (Å²) in [4.78, 5) is 0. The van der Waals surface area contributed by atoms with Gasteiger partial charge in [0, 0.05) is 0 Å². The summed E-state index contributed by atoms with van der Waals surface area (Å²) in [5.41, 5.74) is 1.42. The van der Waals surface area contributed by atoms with Crippen molar-refractivity contribution in [2.45, 2.75) is 33.6 Å². The predicted molar refractivity (Wildman–Crippen MR) is 73.3 cm³/mol. The van der Waals surface area contributed by atoms with Gasteiger partial charge in [-0.2, -0.15) is 0 Å². The van der Waals surface area contributed by atoms with Crippen molar-refractivity contribution in [3.05, 3.63) is 48.6 Å². The lowest BCUT2D eigenvalue weighted by molar-refractivity contribution is 0.530. The van der Waals surface area contributed by atoms with Crippen molar-refractivity contribution in [3.8, 4) is 0 Å². The first-order valence-electron chi connectivity index (χ1n) is 6.48. The Morgan fingerprint density at radius 3 is 2.44 bits per heavy atom. The monoisotopic (exact) mass is 216 g/mol. The Balaban J connectivity index is 0.000000606. The van der Waals surface area contributed by atoms with Crippen LogP contribution in [0.1, 0.15) is 33.6 Å². The van der Waals surface area contributed by atoms with Gasteiger partial charge in [-0.25, -0.2) is 0 Å². The summed E-state index contributed by atoms with van der Waals surface area (Å²) >= 11 is 0. The summed E-state index contributed by atoms with van der Waals surface area (Å²) < 4.78 is 0. The molecular formula is C16H24. The summed E-state index contributed by atoms with van der Waals surface area (Å²) in [6, 6.07) is 0. The molecule has 0 amide bonds. The Morgan fingerprint density at radius 1 is 1.25 bits per heavy atom. The van der Waals surface area contributed by atoms with E-state index in [1.165, 1.54) is 18.4 Å². The number of fused-ring (bicyclic) bond motifs is 2. The van der Waals surface area contributed by atoms with Crippen LogP contribution in [0.5, 0.6) is 0 Å². The van der Waals surface area contributed by atoms with Gasteiger partial charge in [-0.15, -0.1) is 0 Å². The molecule has 0 saturated heterocycles. The van der Waals surface area contributed by atoms with E-state index >= 15 is 0 Å². The minimum Gasteiger partial charge on any atom is -0.0988 e. The van der Waals surface area contributed by atoms with Crippen molar-refractivity contribution in [2.24, 2.45) is 17.8 Å². The van der Waals surface area contributed by atoms with Gasteiger partial charge in [-0.1, -0.05) is 56.9 Å². The third-order valence-electron chi connectivity index (χ3n) is 3.42. The summed E-state index contributed by atoms with van der Waals surface area (Å²) in [7, 11) is 0. The highest BCUT2D eigenvalue weighted by Crippen LogP contribution is 2.46. The highest BCUT2D eigenvalue weighted by molar-refractivity contribution is 5.30. The van der Waals surface area contributed by atoms with Crippen LogP contribution in [0.15, 0.2) is 48.6 Å². The molecule has 0 heterocycles. The van der Waals surface area contributed by atoms with Gasteiger partial charge in [0.05, 0.1) is 0 Å². The Kier molecular flexibility index (Phi) is 5.31. The fraction of sp³-hybridized carbons (Fsp3) is 0.500. The van der Waals surface area contributed by atoms with E-state index in [1.807, 2.05) is 19.9 Å². The molecule has 0 aromatic rings. The molecule has 0 radical (unpaired) electrons. The molecule has 2 aliphatic carbocycles. The van der Waals surface area contributed by atoms with E-state index in [1.54, 1.807) is 0 Å². The van der Waals surface area contributed by atoms with E-state index in [0.29, 0.717) is 0 Å². The summed E-state index contributed by atoms with van der Waals surface area (Å²) in [5.74, 6) is 2.37. The van der Waals surface area contributed by atoms with Crippen LogP contribution < -0.4 is 0 Å². The fourth-order valence-corrected chi connectivity index (χ4v) is 2.71. The minimum absolute atomic E-state index is 0.735. The average molecular weight is 216 g/mol. The topological polar surface area (TPSA) is 0 Å². The third-order valence-corrected chi connectivity index (χ3v) is 3.42. The van der Waals surface area contributed by atoms with E-state index in [2.05, 4.69) is 43.9 Å². The number of allylic oxidation sites excluding steroid dienone is 7. The maximum Gasteiger partial charge on any atom is -0.00934 e. The second kappa shape index (κ2) is 6.52. The summed E-state index contributed by atoms with van der Waals surface area (Å²) in [6.45, 7) is 9.97. The first kappa shape index (κ1) is 13.0. The summed E-state index contributed by atoms with van der Waals surface area (Å²) in [6.07, 6.45) is 15.9. The molecule has 16 heavy (non-hydrogen) atoms. The zero-order chi connectivity index (χ0) is 12.0. The van der Waals surface area contributed by atoms with E-state index in [0.717, 1.165) is 17.8 Å². The Bertz CT molecular complexity index is 304. The number of hydrogen-bond acceptors (Lipinski definition) is 0. The van der Waals surface area contributed by atoms with Crippen LogP contribution in [0.2, 0.25) is 0 Å². The van der Waals surface area contributed by atoms with Crippen molar-refractivity contribution in [3.63, 3.8) is 0 Å². The minimum atomic E-state index is 0.735. The zero-order valence-corrected chi connectivity index (χ0v) is 10.8. The lowest BCUT2D eigenvalue weighted by Crippen LogP contribution is -2.08. The first-order valence-corrected chi connectivity index (χ1v) is 6.48. The molecule has 0 N–H and O–H groups in total. The first-order chi connectivity index (χ1) is 7.85. The Labute approximate surface area is 100 Å². The van der Waals surface area contributed by atoms with E-state index in [4.69, 9.17) is 0 Å². The van der Waals surface area contributed by atoms with Gasteiger partial charge in [0.25, 0.3) is 0 Å². The van der Waals surface area contributed by atoms with Crippen molar-refractivity contribution < 1.29 is 0 Å². The molecular weight excluding hydrogens is 192 g/mol. The maximum atomic E-state index is 3.92. The van der Waals surface area contributed by atoms with Gasteiger partial charge in [0.2, 0.25) is 0 Å². The molecule has 1 fully saturated rings. The standard InChI is InChI=1S/C14H18.C2H6/c1-3-5-6-12(4-2)14-10-11-7-8-13(14)9-11;1-2/h3-8,11,13-14H,2,9-10H2,1H3;1-2H3/b5-3-,12-6+;. The zero-order valence-electron chi connectivity index (χ0n) is 10.8. The molecule has 0 aromatic heterocycles. The van der Waals surface area contributed by atoms with Crippen molar-refractivity contribution in [1.82, 2.24) is 0 Å². The lowest BCUT2D eigenvalue weighted by atomic mass is 9.86. The van der Waals surface area contributed by atoms with Gasteiger partial charge in [0.15, 0.2) is 0 Å². The molecule has 0 aromatic carbocycles. The predicted octanol–water partition coefficient (Wildman–Crippen LogP) is 4.91. The van der Waals surface area contributed by atoms with Crippen LogP contribution >= 0.6 is 0 Å². The van der Waals surface area contributed by atoms with Crippen LogP contribution in [0.25, 0.3) is 0 Å². The highest BCUT2D eigenvalue weighted by atomic mass is 14.4. The van der Waals surface area contributed by atoms with Crippen LogP contribution in [-0.4, -0.2) is 0 Å². The van der Waals surface area contributed by atoms with Crippen molar-refractivity contribution >= 4 is 0 Å². The average Bonchev–Trinajstić information content (AvgIpc) is 2.95. The molecule has 0 aliphatic heterocycles. The van der Waals surface area contributed by atoms with Gasteiger partial charge in [-0.3, -0.25) is 0 Å². The van der Waals surface area contributed by atoms with E-state index in [9.17, 15) is 0 Å². The lowest BCUT2D eigenvalue weighted by Gasteiger charge is -2.18. The van der Waals surface area contributed by atoms with Gasteiger partial charge >= 0.3 is 0 Å². The molecule has 2 bridgehead atoms. The van der Waals surface area contributed by atoms with Crippen LogP contribution in [0.3, 0.4) is 0 Å². The molecule has 2 aliphatic rings. The van der Waals surface area contributed by atoms with Gasteiger partial charge in [0.1, 0.15) is 0 Å². The highest BCUT2D eigenvalue weighted by Gasteiger charge is 2.36. The summed E-state index contributed by atoms with van der Waals surface area (Å²) in [5, 5.41) is 0. The molecule has 3 unspecified atom stereocenters. The Morgan fingerprint density at radius 2 is 2.00 bits per heavy atom. The quantitative estimate of drug-likeness (QED) is 0.464. The molecule has 3 atom stereocenters. The molecule has 0 nitrogen and oxygen atoms in total. The molecule has 0 heteroatoms. The molecule has 0 spiro atoms. The molecule has 1 saturated carbocycles. The molecule has 88 valence electrons. The SMILES string of the molecule is C=C/C(=C\C=C/C)C1CC2C=CC1C2.CC. The van der Waals surface area contributed by atoms with E-state index in [-0.39, 0.29) is 0 Å². The van der Waals surface area contributed by atoms with Crippen molar-refractivity contribution in [1.29, 1.82) is 0 Å². The van der Waals surface area contributed by atoms with Gasteiger partial charge < -0.3 is 0 Å². The molecule has 2 rings (SSSR count).